The molecule has 150 heavy (non-hydrogen) atoms. The Kier molecular flexibility index (Phi) is 21.7. The first-order chi connectivity index (χ1) is 74.4. The Balaban J connectivity index is 0.000000108. The van der Waals surface area contributed by atoms with Crippen LogP contribution in [0.25, 0.3) is 234 Å². The maximum absolute atomic E-state index is 5.28. The van der Waals surface area contributed by atoms with Crippen LogP contribution >= 0.6 is 0 Å². The number of hydrogen-bond acceptors (Lipinski definition) is 9. The van der Waals surface area contributed by atoms with E-state index in [1.54, 1.807) is 0 Å². The third-order valence-corrected chi connectivity index (χ3v) is 29.5. The van der Waals surface area contributed by atoms with E-state index in [1.165, 1.54) is 93.2 Å². The number of benzene rings is 18. The van der Waals surface area contributed by atoms with E-state index in [0.29, 0.717) is 11.8 Å². The van der Waals surface area contributed by atoms with E-state index >= 15 is 0 Å². The molecule has 0 saturated carbocycles. The minimum absolute atomic E-state index is 0.0758. The molecule has 0 saturated heterocycles. The van der Waals surface area contributed by atoms with Crippen LogP contribution in [0.4, 0.5) is 0 Å². The van der Waals surface area contributed by atoms with Gasteiger partial charge in [0.1, 0.15) is 0 Å². The molecule has 28 aromatic rings. The van der Waals surface area contributed by atoms with Crippen molar-refractivity contribution < 1.29 is 0 Å². The average molecular weight is 1920 g/mol. The predicted octanol–water partition coefficient (Wildman–Crippen LogP) is 33.3. The minimum Gasteiger partial charge on any atom is -0.309 e. The summed E-state index contributed by atoms with van der Waals surface area (Å²) in [6, 6.07) is 177. The molecule has 2 aliphatic carbocycles. The highest BCUT2D eigenvalue weighted by Gasteiger charge is 2.37. The number of pyridine rings is 3. The second-order valence-electron chi connectivity index (χ2n) is 38.2. The molecule has 0 radical (unpaired) electrons. The number of hydrogen-bond donors (Lipinski definition) is 0. The van der Waals surface area contributed by atoms with E-state index in [0.717, 1.165) is 163 Å². The zero-order valence-corrected chi connectivity index (χ0v) is 81.2. The van der Waals surface area contributed by atoms with Crippen LogP contribution in [0.5, 0.6) is 0 Å². The maximum atomic E-state index is 5.28. The molecule has 10 aromatic heterocycles. The van der Waals surface area contributed by atoms with Gasteiger partial charge in [0.05, 0.1) is 95.4 Å². The Bertz CT molecular complexity index is 9960. The van der Waals surface area contributed by atoms with Crippen molar-refractivity contribution in [1.29, 1.82) is 0 Å². The lowest BCUT2D eigenvalue weighted by Gasteiger charge is -2.19. The largest absolute Gasteiger partial charge is 0.309 e. The summed E-state index contributed by atoms with van der Waals surface area (Å²) < 4.78 is 9.28. The van der Waals surface area contributed by atoms with E-state index in [-0.39, 0.29) is 11.8 Å². The van der Waals surface area contributed by atoms with Crippen LogP contribution in [0.15, 0.2) is 528 Å². The Morgan fingerprint density at radius 2 is 0.507 bits per heavy atom. The molecule has 0 fully saturated rings. The predicted molar refractivity (Wildman–Crippen MR) is 611 cm³/mol. The zero-order chi connectivity index (χ0) is 99.1. The van der Waals surface area contributed by atoms with Gasteiger partial charge in [-0.15, -0.1) is 0 Å². The molecule has 2 aliphatic rings. The normalized spacial score (nSPS) is 12.8. The lowest BCUT2D eigenvalue weighted by atomic mass is 9.86. The van der Waals surface area contributed by atoms with Gasteiger partial charge < -0.3 is 13.7 Å². The fourth-order valence-corrected chi connectivity index (χ4v) is 22.7. The summed E-state index contributed by atoms with van der Waals surface area (Å²) in [6.07, 6.45) is 7.67. The van der Waals surface area contributed by atoms with Crippen molar-refractivity contribution in [3.63, 3.8) is 0 Å². The second-order valence-corrected chi connectivity index (χ2v) is 38.2. The summed E-state index contributed by atoms with van der Waals surface area (Å²) in [7, 11) is 0. The first-order valence-electron chi connectivity index (χ1n) is 50.7. The van der Waals surface area contributed by atoms with Gasteiger partial charge in [-0.3, -0.25) is 19.5 Å². The number of fused-ring (bicyclic) bond motifs is 18. The first kappa shape index (κ1) is 87.6. The van der Waals surface area contributed by atoms with Gasteiger partial charge in [-0.25, -0.2) is 29.9 Å². The van der Waals surface area contributed by atoms with Crippen molar-refractivity contribution in [3.8, 4) is 147 Å². The molecule has 702 valence electrons. The van der Waals surface area contributed by atoms with Crippen LogP contribution in [0.2, 0.25) is 0 Å². The highest BCUT2D eigenvalue weighted by atomic mass is 15.2. The topological polar surface area (TPSA) is 136 Å². The molecule has 13 heteroatoms. The summed E-state index contributed by atoms with van der Waals surface area (Å²) in [5, 5.41) is 8.51. The molecular weight excluding hydrogens is 1830 g/mol. The molecule has 0 aliphatic heterocycles. The number of nitrogens with zero attached hydrogens (tertiary/aromatic N) is 13. The Morgan fingerprint density at radius 1 is 0.173 bits per heavy atom. The van der Waals surface area contributed by atoms with E-state index < -0.39 is 0 Å². The molecule has 0 amide bonds. The summed E-state index contributed by atoms with van der Waals surface area (Å²) in [4.78, 5) is 45.6. The smallest absolute Gasteiger partial charge is 0.235 e. The Morgan fingerprint density at radius 3 is 0.953 bits per heavy atom. The zero-order valence-electron chi connectivity index (χ0n) is 81.2. The summed E-state index contributed by atoms with van der Waals surface area (Å²) in [6.45, 7) is 0. The van der Waals surface area contributed by atoms with Gasteiger partial charge in [0.25, 0.3) is 0 Å². The van der Waals surface area contributed by atoms with Crippen molar-refractivity contribution in [1.82, 2.24) is 63.1 Å². The molecule has 0 bridgehead atoms. The van der Waals surface area contributed by atoms with E-state index in [9.17, 15) is 0 Å². The first-order valence-corrected chi connectivity index (χ1v) is 50.7. The molecule has 0 spiro atoms. The van der Waals surface area contributed by atoms with E-state index in [2.05, 4.69) is 419 Å². The fraction of sp³-hybridized carbons (Fsp3) is 0.0146. The third-order valence-electron chi connectivity index (χ3n) is 29.5. The average Bonchev–Trinajstić information content (AvgIpc) is 1.58. The molecule has 2 atom stereocenters. The van der Waals surface area contributed by atoms with Crippen LogP contribution in [0.1, 0.15) is 45.3 Å². The van der Waals surface area contributed by atoms with Gasteiger partial charge in [-0.05, 0) is 189 Å². The molecule has 0 N–H and O–H groups in total. The fourth-order valence-electron chi connectivity index (χ4n) is 22.7. The van der Waals surface area contributed by atoms with Gasteiger partial charge in [0, 0.05) is 136 Å². The van der Waals surface area contributed by atoms with E-state index in [1.807, 2.05) is 128 Å². The molecule has 2 unspecified atom stereocenters. The maximum Gasteiger partial charge on any atom is 0.235 e. The van der Waals surface area contributed by atoms with Gasteiger partial charge in [0.2, 0.25) is 5.95 Å². The van der Waals surface area contributed by atoms with Crippen LogP contribution in [0, 0.1) is 0 Å². The van der Waals surface area contributed by atoms with Crippen LogP contribution < -0.4 is 0 Å². The quantitative estimate of drug-likeness (QED) is 0.0983. The lowest BCUT2D eigenvalue weighted by molar-refractivity contribution is 0.929. The minimum atomic E-state index is -0.0962. The molecule has 10 heterocycles. The second kappa shape index (κ2) is 37.2. The van der Waals surface area contributed by atoms with E-state index in [4.69, 9.17) is 44.9 Å². The Hall–Kier alpha value is -20.2. The summed E-state index contributed by atoms with van der Waals surface area (Å²) >= 11 is 0. The van der Waals surface area contributed by atoms with Crippen molar-refractivity contribution in [2.75, 3.05) is 0 Å². The van der Waals surface area contributed by atoms with Crippen molar-refractivity contribution in [2.24, 2.45) is 0 Å². The molecule has 30 rings (SSSR count). The standard InChI is InChI=1S/2C46H30N4.C45H29N5/c1-4-13-30(14-5-1)44-40(29-48-46(49-44)31-15-6-2-7-16-31)43-38-20-12-26-47-45(38)37-25-23-32(27-39(37)43)33-22-24-36-35-19-10-11-21-41(35)50(42(36)28-33)34-17-8-3-9-18-34;1-4-13-30(14-5-1)40-29-41(49-46(48-40)31-15-6-2-7-16-31)44-38-20-12-26-47-45(38)37-25-23-32(27-39(37)44)33-22-24-36-35-19-10-11-21-42(35)50(43(36)28-33)34-17-8-3-9-18-34;1-4-13-30(14-5-1)38-29-39(31-15-6-2-7-16-31)48-45(47-38)50-41-21-12-26-46-44(41)37-25-23-33(28-43(37)50)32-22-24-36-35-19-10-11-20-40(35)49(42(36)27-32)34-17-8-3-9-18-34/h1-29,43H;1-29,44H;1-29H. The van der Waals surface area contributed by atoms with Crippen molar-refractivity contribution >= 4 is 87.4 Å². The van der Waals surface area contributed by atoms with Gasteiger partial charge >= 0.3 is 0 Å². The number of rotatable bonds is 15. The summed E-state index contributed by atoms with van der Waals surface area (Å²) in [5.41, 5.74) is 41.3. The Labute approximate surface area is 864 Å². The third kappa shape index (κ3) is 15.5. The summed E-state index contributed by atoms with van der Waals surface area (Å²) in [5.74, 6) is 1.87. The van der Waals surface area contributed by atoms with Crippen LogP contribution in [0.3, 0.4) is 0 Å². The van der Waals surface area contributed by atoms with Crippen molar-refractivity contribution in [3.05, 3.63) is 562 Å². The van der Waals surface area contributed by atoms with Crippen LogP contribution in [-0.2, 0) is 0 Å². The van der Waals surface area contributed by atoms with Crippen LogP contribution in [-0.4, -0.2) is 63.1 Å². The number of para-hydroxylation sites is 6. The molecule has 18 aromatic carbocycles. The highest BCUT2D eigenvalue weighted by Crippen LogP contribution is 2.53. The number of aromatic nitrogens is 13. The highest BCUT2D eigenvalue weighted by molar-refractivity contribution is 6.14. The SMILES string of the molecule is c1ccc(-c2cc(-c3ccccc3)nc(-n3c4cc(-c5ccc6c7ccccc7n(-c7ccccc7)c6c5)ccc4c4ncccc43)n2)cc1.c1ccc(-c2cc(C3c4cc(-c5ccc6c7ccccc7n(-c7ccccc7)c6c5)ccc4-c4ncccc43)nc(-c3ccccc3)n2)cc1.c1ccc(-c2ncc(C3c4cc(-c5ccc6c7ccccc7n(-c7ccccc7)c6c5)ccc4-c4ncccc43)c(-c3ccccc3)n2)cc1. The molecular formula is C137H89N13. The lowest BCUT2D eigenvalue weighted by Crippen LogP contribution is -2.06. The monoisotopic (exact) mass is 1920 g/mol. The van der Waals surface area contributed by atoms with Gasteiger partial charge in [-0.2, -0.15) is 0 Å². The van der Waals surface area contributed by atoms with Crippen molar-refractivity contribution in [2.45, 2.75) is 11.8 Å². The molecule has 13 nitrogen and oxygen atoms in total. The van der Waals surface area contributed by atoms with Gasteiger partial charge in [0.15, 0.2) is 11.6 Å². The van der Waals surface area contributed by atoms with Gasteiger partial charge in [-0.1, -0.05) is 370 Å².